The van der Waals surface area contributed by atoms with Gasteiger partial charge in [0.2, 0.25) is 29.5 Å². The number of carbonyl (C=O) groups excluding carboxylic acids is 6. The fourth-order valence-corrected chi connectivity index (χ4v) is 3.56. The van der Waals surface area contributed by atoms with Crippen LogP contribution >= 0.6 is 0 Å². The fraction of sp³-hybridized carbons (Fsp3) is 0.588. The molecule has 15 heteroatoms. The second-order valence-electron chi connectivity index (χ2n) is 7.48. The largest absolute Gasteiger partial charge is 0.479 e. The fourth-order valence-electron chi connectivity index (χ4n) is 3.56. The Morgan fingerprint density at radius 3 is 2.22 bits per heavy atom. The second-order valence-corrected chi connectivity index (χ2v) is 7.48. The number of aliphatic carboxylic acids is 1. The maximum Gasteiger partial charge on any atom is 0.348 e. The molecule has 2 saturated heterocycles. The summed E-state index contributed by atoms with van der Waals surface area (Å²) in [5.74, 6) is -7.37. The molecule has 0 saturated carbocycles. The van der Waals surface area contributed by atoms with Gasteiger partial charge in [-0.05, 0) is 6.92 Å². The number of likely N-dealkylation sites (tertiary alicyclic amines) is 1. The van der Waals surface area contributed by atoms with E-state index in [4.69, 9.17) is 21.9 Å². The maximum absolute atomic E-state index is 13.0. The molecule has 2 heterocycles. The number of nitrogens with two attached hydrogens (primary N) is 3. The van der Waals surface area contributed by atoms with Crippen molar-refractivity contribution in [3.63, 3.8) is 0 Å². The van der Waals surface area contributed by atoms with Crippen LogP contribution in [0, 0.1) is 0 Å². The van der Waals surface area contributed by atoms with Crippen LogP contribution < -0.4 is 27.8 Å². The number of amides is 5. The van der Waals surface area contributed by atoms with E-state index in [2.05, 4.69) is 10.6 Å². The van der Waals surface area contributed by atoms with E-state index in [0.717, 1.165) is 4.90 Å². The Hall–Kier alpha value is -3.75. The van der Waals surface area contributed by atoms with Crippen molar-refractivity contribution in [3.05, 3.63) is 0 Å². The van der Waals surface area contributed by atoms with Gasteiger partial charge in [0.1, 0.15) is 18.2 Å². The van der Waals surface area contributed by atoms with E-state index >= 15 is 0 Å². The van der Waals surface area contributed by atoms with Crippen LogP contribution in [-0.4, -0.2) is 87.8 Å². The zero-order valence-electron chi connectivity index (χ0n) is 17.0. The molecule has 0 aromatic rings. The molecular formula is C17H24N6O9. The molecule has 5 atom stereocenters. The summed E-state index contributed by atoms with van der Waals surface area (Å²) >= 11 is 0. The predicted molar refractivity (Wildman–Crippen MR) is 102 cm³/mol. The number of carboxylic acid groups (broad SMARTS) is 1. The number of primary amides is 2. The number of hydrogen-bond donors (Lipinski definition) is 6. The van der Waals surface area contributed by atoms with Crippen molar-refractivity contribution in [2.75, 3.05) is 6.54 Å². The van der Waals surface area contributed by atoms with E-state index < -0.39 is 84.1 Å². The summed E-state index contributed by atoms with van der Waals surface area (Å²) in [6, 6.07) is -4.19. The lowest BCUT2D eigenvalue weighted by Crippen LogP contribution is -2.73. The minimum Gasteiger partial charge on any atom is -0.479 e. The molecule has 0 bridgehead atoms. The number of hydrogen-bond acceptors (Lipinski definition) is 9. The number of nitrogens with one attached hydrogen (secondary N) is 2. The first-order valence-corrected chi connectivity index (χ1v) is 9.51. The summed E-state index contributed by atoms with van der Waals surface area (Å²) in [5, 5.41) is 14.0. The topological polar surface area (TPSA) is 254 Å². The van der Waals surface area contributed by atoms with Crippen LogP contribution in [0.15, 0.2) is 0 Å². The zero-order valence-corrected chi connectivity index (χ0v) is 17.0. The zero-order chi connectivity index (χ0) is 24.4. The number of rotatable bonds is 10. The molecule has 2 aliphatic heterocycles. The lowest BCUT2D eigenvalue weighted by molar-refractivity contribution is -0.208. The minimum atomic E-state index is -2.24. The molecule has 0 aliphatic carbocycles. The highest BCUT2D eigenvalue weighted by molar-refractivity contribution is 6.13. The Morgan fingerprint density at radius 2 is 1.72 bits per heavy atom. The molecule has 0 aromatic carbocycles. The molecular weight excluding hydrogens is 432 g/mol. The first-order chi connectivity index (χ1) is 14.8. The van der Waals surface area contributed by atoms with Crippen molar-refractivity contribution >= 4 is 41.5 Å². The van der Waals surface area contributed by atoms with Crippen LogP contribution in [-0.2, 0) is 38.3 Å². The molecule has 0 radical (unpaired) electrons. The van der Waals surface area contributed by atoms with E-state index in [0.29, 0.717) is 0 Å². The molecule has 15 nitrogen and oxygen atoms in total. The van der Waals surface area contributed by atoms with Crippen LogP contribution in [0.25, 0.3) is 0 Å². The molecule has 2 aliphatic rings. The van der Waals surface area contributed by atoms with Crippen LogP contribution in [0.1, 0.15) is 26.2 Å². The molecule has 0 aromatic heterocycles. The van der Waals surface area contributed by atoms with Gasteiger partial charge in [-0.2, -0.15) is 0 Å². The van der Waals surface area contributed by atoms with Gasteiger partial charge < -0.3 is 42.6 Å². The van der Waals surface area contributed by atoms with Crippen molar-refractivity contribution in [1.82, 2.24) is 15.5 Å². The number of esters is 1. The van der Waals surface area contributed by atoms with Gasteiger partial charge in [0, 0.05) is 13.0 Å². The summed E-state index contributed by atoms with van der Waals surface area (Å²) < 4.78 is 4.80. The Bertz CT molecular complexity index is 867. The molecule has 5 amide bonds. The molecule has 2 rings (SSSR count). The number of fused-ring (bicyclic) bond motifs is 1. The van der Waals surface area contributed by atoms with Crippen molar-refractivity contribution in [2.24, 2.45) is 17.2 Å². The van der Waals surface area contributed by atoms with E-state index in [-0.39, 0.29) is 13.0 Å². The average Bonchev–Trinajstić information content (AvgIpc) is 2.98. The molecule has 2 fully saturated rings. The van der Waals surface area contributed by atoms with Gasteiger partial charge in [-0.25, -0.2) is 9.59 Å². The third-order valence-electron chi connectivity index (χ3n) is 5.19. The maximum atomic E-state index is 13.0. The summed E-state index contributed by atoms with van der Waals surface area (Å²) in [6.07, 6.45) is -2.15. The van der Waals surface area contributed by atoms with Gasteiger partial charge in [0.25, 0.3) is 5.54 Å². The monoisotopic (exact) mass is 456 g/mol. The van der Waals surface area contributed by atoms with Gasteiger partial charge in [-0.15, -0.1) is 0 Å². The summed E-state index contributed by atoms with van der Waals surface area (Å²) in [5.41, 5.74) is 13.4. The average molecular weight is 456 g/mol. The van der Waals surface area contributed by atoms with E-state index in [9.17, 15) is 38.7 Å². The Balaban J connectivity index is 2.14. The normalized spacial score (nSPS) is 24.1. The first kappa shape index (κ1) is 24.5. The van der Waals surface area contributed by atoms with Crippen LogP contribution in [0.5, 0.6) is 0 Å². The van der Waals surface area contributed by atoms with E-state index in [1.807, 2.05) is 0 Å². The number of ether oxygens (including phenoxy) is 1. The third-order valence-corrected chi connectivity index (χ3v) is 5.19. The Labute approximate surface area is 180 Å². The first-order valence-electron chi connectivity index (χ1n) is 9.51. The van der Waals surface area contributed by atoms with Crippen molar-refractivity contribution < 1.29 is 43.4 Å². The van der Waals surface area contributed by atoms with Crippen molar-refractivity contribution in [3.8, 4) is 0 Å². The lowest BCUT2D eigenvalue weighted by atomic mass is 9.87. The second kappa shape index (κ2) is 9.17. The number of carboxylic acids is 1. The van der Waals surface area contributed by atoms with Gasteiger partial charge in [-0.3, -0.25) is 24.0 Å². The Kier molecular flexibility index (Phi) is 7.03. The quantitative estimate of drug-likeness (QED) is 0.135. The summed E-state index contributed by atoms with van der Waals surface area (Å²) in [7, 11) is 0. The summed E-state index contributed by atoms with van der Waals surface area (Å²) in [4.78, 5) is 84.2. The van der Waals surface area contributed by atoms with Crippen LogP contribution in [0.3, 0.4) is 0 Å². The molecule has 0 spiro atoms. The molecule has 9 N–H and O–H groups in total. The highest BCUT2D eigenvalue weighted by Crippen LogP contribution is 2.42. The van der Waals surface area contributed by atoms with Crippen LogP contribution in [0.2, 0.25) is 0 Å². The molecule has 1 unspecified atom stereocenters. The van der Waals surface area contributed by atoms with Crippen molar-refractivity contribution in [2.45, 2.75) is 56.0 Å². The van der Waals surface area contributed by atoms with Gasteiger partial charge in [0.15, 0.2) is 0 Å². The summed E-state index contributed by atoms with van der Waals surface area (Å²) in [6.45, 7) is 1.07. The third kappa shape index (κ3) is 4.46. The van der Waals surface area contributed by atoms with E-state index in [1.165, 1.54) is 6.92 Å². The van der Waals surface area contributed by atoms with Crippen molar-refractivity contribution in [1.29, 1.82) is 0 Å². The van der Waals surface area contributed by atoms with Gasteiger partial charge >= 0.3 is 11.9 Å². The van der Waals surface area contributed by atoms with E-state index in [1.54, 1.807) is 0 Å². The molecule has 176 valence electrons. The van der Waals surface area contributed by atoms with Gasteiger partial charge in [0.05, 0.1) is 18.9 Å². The minimum absolute atomic E-state index is 0.0607. The predicted octanol–water partition coefficient (Wildman–Crippen LogP) is -4.96. The molecule has 32 heavy (non-hydrogen) atoms. The Morgan fingerprint density at radius 1 is 1.12 bits per heavy atom. The highest BCUT2D eigenvalue weighted by atomic mass is 16.6. The van der Waals surface area contributed by atoms with Gasteiger partial charge in [-0.1, -0.05) is 0 Å². The standard InChI is InChI=1S/C17H24N6O9/c1-6(21-13(27)7(18)4-10(19)24)12(26)22-8(5-11(20)25)14(28)23-3-2-9-17(23,15(29)30)16(31)32-9/h6-9H,2-5,18H2,1H3,(H2,19,24)(H2,20,25)(H,21,27)(H,22,26)(H,29,30)/t6-,7-,8-,9?,17-/m0/s1. The van der Waals surface area contributed by atoms with Crippen LogP contribution in [0.4, 0.5) is 0 Å². The smallest absolute Gasteiger partial charge is 0.348 e. The SMILES string of the molecule is C[C@H](NC(=O)[C@@H](N)CC(N)=O)C(=O)N[C@@H](CC(N)=O)C(=O)N1CCC2OC(=O)[C@@]21C(=O)O. The number of carbonyl (C=O) groups is 7. The highest BCUT2D eigenvalue weighted by Gasteiger charge is 2.72. The number of nitrogens with zero attached hydrogens (tertiary/aromatic N) is 1. The lowest BCUT2D eigenvalue weighted by Gasteiger charge is -2.43.